The molecule has 0 N–H and O–H groups in total. The van der Waals surface area contributed by atoms with Crippen LogP contribution < -0.4 is 0 Å². The smallest absolute Gasteiger partial charge is 0.0630 e. The third-order valence-electron chi connectivity index (χ3n) is 3.29. The molecule has 2 aromatic carbocycles. The highest BCUT2D eigenvalue weighted by Crippen LogP contribution is 2.41. The lowest BCUT2D eigenvalue weighted by Crippen LogP contribution is -2.03. The van der Waals surface area contributed by atoms with E-state index in [1.54, 1.807) is 12.1 Å². The first-order chi connectivity index (χ1) is 9.56. The molecule has 0 heterocycles. The summed E-state index contributed by atoms with van der Waals surface area (Å²) in [7, 11) is 0. The summed E-state index contributed by atoms with van der Waals surface area (Å²) in [5.41, 5.74) is 1.98. The largest absolute Gasteiger partial charge is 0.0827 e. The summed E-state index contributed by atoms with van der Waals surface area (Å²) in [4.78, 5) is 0. The van der Waals surface area contributed by atoms with Gasteiger partial charge in [0, 0.05) is 5.92 Å². The molecule has 2 rings (SSSR count). The van der Waals surface area contributed by atoms with E-state index >= 15 is 0 Å². The summed E-state index contributed by atoms with van der Waals surface area (Å²) in [6, 6.07) is 11.4. The lowest BCUT2D eigenvalue weighted by Gasteiger charge is -2.21. The van der Waals surface area contributed by atoms with Gasteiger partial charge in [0.05, 0.1) is 20.1 Å². The minimum Gasteiger partial charge on any atom is -0.0827 e. The zero-order chi connectivity index (χ0) is 14.7. The first-order valence-electron chi connectivity index (χ1n) is 6.44. The minimum atomic E-state index is 0.0948. The van der Waals surface area contributed by atoms with Crippen molar-refractivity contribution in [2.45, 2.75) is 25.7 Å². The van der Waals surface area contributed by atoms with Gasteiger partial charge in [-0.3, -0.25) is 0 Å². The Bertz CT molecular complexity index is 556. The molecule has 106 valence electrons. The van der Waals surface area contributed by atoms with E-state index in [-0.39, 0.29) is 5.92 Å². The quantitative estimate of drug-likeness (QED) is 0.547. The van der Waals surface area contributed by atoms with E-state index in [1.807, 2.05) is 24.3 Å². The van der Waals surface area contributed by atoms with Gasteiger partial charge in [0.15, 0.2) is 0 Å². The Morgan fingerprint density at radius 2 is 1.25 bits per heavy atom. The van der Waals surface area contributed by atoms with E-state index in [2.05, 4.69) is 6.92 Å². The summed E-state index contributed by atoms with van der Waals surface area (Å²) < 4.78 is 0. The molecule has 0 amide bonds. The van der Waals surface area contributed by atoms with E-state index < -0.39 is 0 Å². The standard InChI is InChI=1S/C16H14Cl4/c1-2-5-10(11-6-3-8-13(17)15(11)19)12-7-4-9-14(18)16(12)20/h3-4,6-10H,2,5H2,1H3. The molecule has 0 fully saturated rings. The Morgan fingerprint density at radius 3 is 1.65 bits per heavy atom. The topological polar surface area (TPSA) is 0 Å². The molecule has 0 aliphatic heterocycles. The van der Waals surface area contributed by atoms with Gasteiger partial charge in [-0.1, -0.05) is 84.0 Å². The maximum Gasteiger partial charge on any atom is 0.0630 e. The van der Waals surface area contributed by atoms with Gasteiger partial charge >= 0.3 is 0 Å². The Hall–Kier alpha value is -0.400. The van der Waals surface area contributed by atoms with Gasteiger partial charge in [-0.05, 0) is 29.7 Å². The van der Waals surface area contributed by atoms with Gasteiger partial charge in [0.2, 0.25) is 0 Å². The van der Waals surface area contributed by atoms with Crippen LogP contribution in [0.4, 0.5) is 0 Å². The zero-order valence-corrected chi connectivity index (χ0v) is 14.0. The highest BCUT2D eigenvalue weighted by Gasteiger charge is 2.21. The summed E-state index contributed by atoms with van der Waals surface area (Å²) in [5, 5.41) is 2.29. The molecule has 0 radical (unpaired) electrons. The van der Waals surface area contributed by atoms with Crippen LogP contribution in [0, 0.1) is 0 Å². The van der Waals surface area contributed by atoms with Crippen LogP contribution in [0.2, 0.25) is 20.1 Å². The van der Waals surface area contributed by atoms with E-state index in [1.165, 1.54) is 0 Å². The summed E-state index contributed by atoms with van der Waals surface area (Å²) in [6.07, 6.45) is 1.94. The van der Waals surface area contributed by atoms with Crippen LogP contribution in [-0.4, -0.2) is 0 Å². The summed E-state index contributed by atoms with van der Waals surface area (Å²) in [5.74, 6) is 0.0948. The number of rotatable bonds is 4. The fraction of sp³-hybridized carbons (Fsp3) is 0.250. The highest BCUT2D eigenvalue weighted by molar-refractivity contribution is 6.43. The lowest BCUT2D eigenvalue weighted by molar-refractivity contribution is 0.699. The van der Waals surface area contributed by atoms with Gasteiger partial charge in [-0.2, -0.15) is 0 Å². The molecule has 0 unspecified atom stereocenters. The third-order valence-corrected chi connectivity index (χ3v) is 4.96. The fourth-order valence-corrected chi connectivity index (χ4v) is 3.23. The minimum absolute atomic E-state index is 0.0948. The van der Waals surface area contributed by atoms with Crippen LogP contribution in [0.25, 0.3) is 0 Å². The van der Waals surface area contributed by atoms with Crippen molar-refractivity contribution in [1.29, 1.82) is 0 Å². The number of hydrogen-bond donors (Lipinski definition) is 0. The molecular formula is C16H14Cl4. The molecule has 0 aromatic heterocycles. The Balaban J connectivity index is 2.56. The maximum atomic E-state index is 6.36. The second-order valence-corrected chi connectivity index (χ2v) is 6.20. The molecular weight excluding hydrogens is 334 g/mol. The molecule has 0 bridgehead atoms. The predicted molar refractivity (Wildman–Crippen MR) is 89.7 cm³/mol. The van der Waals surface area contributed by atoms with Crippen LogP contribution >= 0.6 is 46.4 Å². The monoisotopic (exact) mass is 346 g/mol. The first kappa shape index (κ1) is 16.0. The normalized spacial score (nSPS) is 11.1. The molecule has 0 atom stereocenters. The van der Waals surface area contributed by atoms with Crippen molar-refractivity contribution in [1.82, 2.24) is 0 Å². The molecule has 4 heteroatoms. The van der Waals surface area contributed by atoms with Gasteiger partial charge in [0.1, 0.15) is 0 Å². The second-order valence-electron chi connectivity index (χ2n) is 4.63. The van der Waals surface area contributed by atoms with Crippen molar-refractivity contribution in [3.63, 3.8) is 0 Å². The maximum absolute atomic E-state index is 6.36. The average molecular weight is 348 g/mol. The van der Waals surface area contributed by atoms with E-state index in [9.17, 15) is 0 Å². The molecule has 0 nitrogen and oxygen atoms in total. The van der Waals surface area contributed by atoms with Gasteiger partial charge in [0.25, 0.3) is 0 Å². The van der Waals surface area contributed by atoms with E-state index in [0.717, 1.165) is 24.0 Å². The lowest BCUT2D eigenvalue weighted by atomic mass is 9.87. The van der Waals surface area contributed by atoms with Gasteiger partial charge < -0.3 is 0 Å². The predicted octanol–water partition coefficient (Wildman–Crippen LogP) is 7.23. The highest BCUT2D eigenvalue weighted by atomic mass is 35.5. The van der Waals surface area contributed by atoms with Crippen molar-refractivity contribution in [3.05, 3.63) is 67.6 Å². The fourth-order valence-electron chi connectivity index (χ4n) is 2.35. The molecule has 0 aliphatic rings. The Morgan fingerprint density at radius 1 is 0.800 bits per heavy atom. The molecule has 0 saturated carbocycles. The molecule has 0 spiro atoms. The first-order valence-corrected chi connectivity index (χ1v) is 7.95. The van der Waals surface area contributed by atoms with Crippen LogP contribution in [0.15, 0.2) is 36.4 Å². The summed E-state index contributed by atoms with van der Waals surface area (Å²) >= 11 is 25.0. The molecule has 0 aliphatic carbocycles. The second kappa shape index (κ2) is 7.04. The third kappa shape index (κ3) is 3.26. The Kier molecular flexibility index (Phi) is 5.63. The Labute approximate surface area is 139 Å². The van der Waals surface area contributed by atoms with E-state index in [0.29, 0.717) is 20.1 Å². The van der Waals surface area contributed by atoms with Gasteiger partial charge in [-0.15, -0.1) is 0 Å². The molecule has 20 heavy (non-hydrogen) atoms. The van der Waals surface area contributed by atoms with E-state index in [4.69, 9.17) is 46.4 Å². The SMILES string of the molecule is CCCC(c1cccc(Cl)c1Cl)c1cccc(Cl)c1Cl. The van der Waals surface area contributed by atoms with Crippen LogP contribution in [-0.2, 0) is 0 Å². The van der Waals surface area contributed by atoms with Gasteiger partial charge in [-0.25, -0.2) is 0 Å². The average Bonchev–Trinajstić information content (AvgIpc) is 2.43. The molecule has 2 aromatic rings. The van der Waals surface area contributed by atoms with Crippen LogP contribution in [0.1, 0.15) is 36.8 Å². The number of benzene rings is 2. The van der Waals surface area contributed by atoms with Crippen molar-refractivity contribution >= 4 is 46.4 Å². The van der Waals surface area contributed by atoms with Crippen molar-refractivity contribution < 1.29 is 0 Å². The van der Waals surface area contributed by atoms with Crippen LogP contribution in [0.3, 0.4) is 0 Å². The van der Waals surface area contributed by atoms with Crippen molar-refractivity contribution in [3.8, 4) is 0 Å². The number of hydrogen-bond acceptors (Lipinski definition) is 0. The molecule has 0 saturated heterocycles. The van der Waals surface area contributed by atoms with Crippen molar-refractivity contribution in [2.75, 3.05) is 0 Å². The zero-order valence-electron chi connectivity index (χ0n) is 11.0. The van der Waals surface area contributed by atoms with Crippen LogP contribution in [0.5, 0.6) is 0 Å². The number of halogens is 4. The van der Waals surface area contributed by atoms with Crippen molar-refractivity contribution in [2.24, 2.45) is 0 Å². The summed E-state index contributed by atoms with van der Waals surface area (Å²) in [6.45, 7) is 2.13.